The third-order valence-electron chi connectivity index (χ3n) is 7.22. The fourth-order valence-corrected chi connectivity index (χ4v) is 4.59. The highest BCUT2D eigenvalue weighted by Gasteiger charge is 2.26. The molecule has 4 heteroatoms. The van der Waals surface area contributed by atoms with Crippen LogP contribution in [0.15, 0.2) is 0 Å². The Balaban J connectivity index is 0.000000303. The van der Waals surface area contributed by atoms with Gasteiger partial charge >= 0.3 is 5.97 Å². The number of hydrogen-bond acceptors (Lipinski definition) is 3. The van der Waals surface area contributed by atoms with E-state index in [0.29, 0.717) is 23.9 Å². The van der Waals surface area contributed by atoms with Gasteiger partial charge in [-0.05, 0) is 56.3 Å². The van der Waals surface area contributed by atoms with Crippen LogP contribution in [0.1, 0.15) is 112 Å². The number of ketones is 2. The third kappa shape index (κ3) is 10.7. The molecule has 0 amide bonds. The fourth-order valence-electron chi connectivity index (χ4n) is 4.59. The second-order valence-electron chi connectivity index (χ2n) is 10.5. The second kappa shape index (κ2) is 14.0. The molecule has 4 nitrogen and oxygen atoms in total. The third-order valence-corrected chi connectivity index (χ3v) is 7.22. The molecule has 0 unspecified atom stereocenters. The summed E-state index contributed by atoms with van der Waals surface area (Å²) in [6.07, 6.45) is 12.6. The molecule has 174 valence electrons. The van der Waals surface area contributed by atoms with Crippen molar-refractivity contribution in [2.45, 2.75) is 112 Å². The number of carbonyl (C=O) groups excluding carboxylic acids is 2. The van der Waals surface area contributed by atoms with Gasteiger partial charge in [-0.15, -0.1) is 0 Å². The summed E-state index contributed by atoms with van der Waals surface area (Å²) in [4.78, 5) is 33.7. The van der Waals surface area contributed by atoms with Gasteiger partial charge in [0.2, 0.25) is 0 Å². The molecule has 1 N–H and O–H groups in total. The van der Waals surface area contributed by atoms with E-state index >= 15 is 0 Å². The van der Waals surface area contributed by atoms with Crippen LogP contribution in [0.25, 0.3) is 0 Å². The van der Waals surface area contributed by atoms with Crippen molar-refractivity contribution < 1.29 is 19.5 Å². The minimum Gasteiger partial charge on any atom is -0.481 e. The van der Waals surface area contributed by atoms with E-state index in [2.05, 4.69) is 6.92 Å². The van der Waals surface area contributed by atoms with Crippen molar-refractivity contribution >= 4 is 17.5 Å². The van der Waals surface area contributed by atoms with Gasteiger partial charge in [-0.25, -0.2) is 0 Å². The molecule has 0 saturated heterocycles. The number of carbonyl (C=O) groups is 3. The van der Waals surface area contributed by atoms with Gasteiger partial charge in [0.05, 0.1) is 5.92 Å². The summed E-state index contributed by atoms with van der Waals surface area (Å²) in [6, 6.07) is 0. The standard InChI is InChI=1S/C13H22O3.C13H24O/c1-9(2)12(14)8-5-10-3-6-11(7-4-10)13(15)16;1-10(2)13(14)9-8-12-6-4-11(3)5-7-12/h9-11H,3-8H2,1-2H3,(H,15,16);10-12H,4-9H2,1-3H3. The second-order valence-corrected chi connectivity index (χ2v) is 10.5. The Morgan fingerprint density at radius 3 is 1.40 bits per heavy atom. The van der Waals surface area contributed by atoms with Crippen molar-refractivity contribution in [3.63, 3.8) is 0 Å². The minimum absolute atomic E-state index is 0.135. The first kappa shape index (κ1) is 26.8. The van der Waals surface area contributed by atoms with Gasteiger partial charge in [0.1, 0.15) is 11.6 Å². The molecule has 2 aliphatic carbocycles. The fraction of sp³-hybridized carbons (Fsp3) is 0.885. The Hall–Kier alpha value is -1.19. The number of rotatable bonds is 9. The lowest BCUT2D eigenvalue weighted by molar-refractivity contribution is -0.143. The molecule has 0 radical (unpaired) electrons. The van der Waals surface area contributed by atoms with Crippen LogP contribution in [0.3, 0.4) is 0 Å². The molecule has 0 aromatic rings. The van der Waals surface area contributed by atoms with Crippen molar-refractivity contribution in [2.24, 2.45) is 35.5 Å². The van der Waals surface area contributed by atoms with E-state index in [1.165, 1.54) is 25.7 Å². The lowest BCUT2D eigenvalue weighted by Gasteiger charge is -2.25. The van der Waals surface area contributed by atoms with Crippen LogP contribution >= 0.6 is 0 Å². The van der Waals surface area contributed by atoms with Gasteiger partial charge in [0.25, 0.3) is 0 Å². The van der Waals surface area contributed by atoms with Gasteiger partial charge in [-0.1, -0.05) is 60.3 Å². The van der Waals surface area contributed by atoms with Crippen LogP contribution in [-0.4, -0.2) is 22.6 Å². The predicted octanol–water partition coefficient (Wildman–Crippen LogP) is 6.70. The van der Waals surface area contributed by atoms with E-state index in [9.17, 15) is 14.4 Å². The molecular formula is C26H46O4. The summed E-state index contributed by atoms with van der Waals surface area (Å²) in [7, 11) is 0. The normalized spacial score (nSPS) is 26.8. The maximum absolute atomic E-state index is 11.5. The summed E-state index contributed by atoms with van der Waals surface area (Å²) < 4.78 is 0. The monoisotopic (exact) mass is 422 g/mol. The summed E-state index contributed by atoms with van der Waals surface area (Å²) in [5, 5.41) is 8.86. The number of hydrogen-bond donors (Lipinski definition) is 1. The highest BCUT2D eigenvalue weighted by molar-refractivity contribution is 5.80. The van der Waals surface area contributed by atoms with Gasteiger partial charge in [0, 0.05) is 24.7 Å². The number of aliphatic carboxylic acids is 1. The van der Waals surface area contributed by atoms with Crippen molar-refractivity contribution in [3.05, 3.63) is 0 Å². The van der Waals surface area contributed by atoms with Gasteiger partial charge in [-0.3, -0.25) is 14.4 Å². The summed E-state index contributed by atoms with van der Waals surface area (Å²) in [6.45, 7) is 10.2. The molecule has 0 heterocycles. The Bertz CT molecular complexity index is 521. The SMILES string of the molecule is CC(C)C(=O)CCC1CCC(C(=O)O)CC1.CC1CCC(CCC(=O)C(C)C)CC1. The Morgan fingerprint density at radius 2 is 1.07 bits per heavy atom. The molecule has 0 aromatic heterocycles. The van der Waals surface area contributed by atoms with E-state index in [1.54, 1.807) is 0 Å². The molecule has 0 atom stereocenters. The molecule has 30 heavy (non-hydrogen) atoms. The Morgan fingerprint density at radius 1 is 0.700 bits per heavy atom. The zero-order valence-corrected chi connectivity index (χ0v) is 20.1. The van der Waals surface area contributed by atoms with Crippen molar-refractivity contribution in [1.82, 2.24) is 0 Å². The summed E-state index contributed by atoms with van der Waals surface area (Å²) in [5.74, 6) is 2.69. The maximum atomic E-state index is 11.5. The van der Waals surface area contributed by atoms with Crippen LogP contribution in [0.4, 0.5) is 0 Å². The highest BCUT2D eigenvalue weighted by atomic mass is 16.4. The van der Waals surface area contributed by atoms with Crippen LogP contribution in [-0.2, 0) is 14.4 Å². The smallest absolute Gasteiger partial charge is 0.306 e. The van der Waals surface area contributed by atoms with Crippen LogP contribution < -0.4 is 0 Å². The number of Topliss-reactive ketones (excluding diaryl/α,β-unsaturated/α-hetero) is 2. The van der Waals surface area contributed by atoms with Crippen molar-refractivity contribution in [1.29, 1.82) is 0 Å². The van der Waals surface area contributed by atoms with E-state index in [0.717, 1.165) is 56.8 Å². The van der Waals surface area contributed by atoms with Gasteiger partial charge in [-0.2, -0.15) is 0 Å². The largest absolute Gasteiger partial charge is 0.481 e. The van der Waals surface area contributed by atoms with E-state index in [4.69, 9.17) is 5.11 Å². The predicted molar refractivity (Wildman–Crippen MR) is 122 cm³/mol. The van der Waals surface area contributed by atoms with E-state index in [-0.39, 0.29) is 17.8 Å². The molecular weight excluding hydrogens is 376 g/mol. The maximum Gasteiger partial charge on any atom is 0.306 e. The zero-order valence-electron chi connectivity index (χ0n) is 20.1. The molecule has 0 aromatic carbocycles. The van der Waals surface area contributed by atoms with Crippen LogP contribution in [0, 0.1) is 35.5 Å². The molecule has 0 aliphatic heterocycles. The zero-order chi connectivity index (χ0) is 22.7. The molecule has 0 bridgehead atoms. The number of carboxylic acids is 1. The van der Waals surface area contributed by atoms with Crippen molar-refractivity contribution in [2.75, 3.05) is 0 Å². The molecule has 2 saturated carbocycles. The Labute approximate surface area is 184 Å². The first-order chi connectivity index (χ1) is 14.1. The first-order valence-corrected chi connectivity index (χ1v) is 12.4. The van der Waals surface area contributed by atoms with Gasteiger partial charge in [0.15, 0.2) is 0 Å². The molecule has 2 rings (SSSR count). The topological polar surface area (TPSA) is 71.4 Å². The number of carboxylic acid groups (broad SMARTS) is 1. The molecule has 0 spiro atoms. The lowest BCUT2D eigenvalue weighted by atomic mass is 9.79. The molecule has 2 fully saturated rings. The average molecular weight is 423 g/mol. The lowest BCUT2D eigenvalue weighted by Crippen LogP contribution is -2.22. The summed E-state index contributed by atoms with van der Waals surface area (Å²) >= 11 is 0. The van der Waals surface area contributed by atoms with E-state index in [1.807, 2.05) is 27.7 Å². The Kier molecular flexibility index (Phi) is 12.5. The quantitative estimate of drug-likeness (QED) is 0.449. The minimum atomic E-state index is -0.656. The first-order valence-electron chi connectivity index (χ1n) is 12.4. The summed E-state index contributed by atoms with van der Waals surface area (Å²) in [5.41, 5.74) is 0. The van der Waals surface area contributed by atoms with Gasteiger partial charge < -0.3 is 5.11 Å². The van der Waals surface area contributed by atoms with Crippen LogP contribution in [0.5, 0.6) is 0 Å². The van der Waals surface area contributed by atoms with Crippen molar-refractivity contribution in [3.8, 4) is 0 Å². The van der Waals surface area contributed by atoms with E-state index < -0.39 is 5.97 Å². The molecule has 2 aliphatic rings. The highest BCUT2D eigenvalue weighted by Crippen LogP contribution is 2.32. The average Bonchev–Trinajstić information content (AvgIpc) is 2.71. The van der Waals surface area contributed by atoms with Crippen LogP contribution in [0.2, 0.25) is 0 Å².